The van der Waals surface area contributed by atoms with Crippen LogP contribution in [0.4, 0.5) is 0 Å². The van der Waals surface area contributed by atoms with E-state index in [0.29, 0.717) is 12.0 Å². The Morgan fingerprint density at radius 3 is 2.52 bits per heavy atom. The summed E-state index contributed by atoms with van der Waals surface area (Å²) in [4.78, 5) is -0.00725. The maximum atomic E-state index is 12.4. The minimum atomic E-state index is -3.73. The fourth-order valence-corrected chi connectivity index (χ4v) is 3.67. The molecule has 0 saturated heterocycles. The average molecular weight is 332 g/mol. The molecule has 116 valence electrons. The molecule has 0 radical (unpaired) electrons. The van der Waals surface area contributed by atoms with Gasteiger partial charge in [-0.3, -0.25) is 0 Å². The van der Waals surface area contributed by atoms with E-state index in [9.17, 15) is 8.42 Å². The van der Waals surface area contributed by atoms with Gasteiger partial charge < -0.3 is 10.2 Å². The van der Waals surface area contributed by atoms with Crippen LogP contribution >= 0.6 is 11.6 Å². The van der Waals surface area contributed by atoms with E-state index in [1.165, 1.54) is 12.1 Å². The third-order valence-corrected chi connectivity index (χ3v) is 5.18. The molecule has 0 saturated carbocycles. The Balaban J connectivity index is 3.12. The lowest BCUT2D eigenvalue weighted by molar-refractivity contribution is 0.257. The lowest BCUT2D eigenvalue weighted by Crippen LogP contribution is -2.33. The molecule has 0 bridgehead atoms. The molecule has 2 N–H and O–H groups in total. The van der Waals surface area contributed by atoms with Gasteiger partial charge in [0.2, 0.25) is 10.0 Å². The predicted octanol–water partition coefficient (Wildman–Crippen LogP) is 1.08. The number of aliphatic hydroxyl groups excluding tert-OH is 2. The maximum absolute atomic E-state index is 12.4. The van der Waals surface area contributed by atoms with Crippen LogP contribution in [0.25, 0.3) is 0 Å². The van der Waals surface area contributed by atoms with Crippen molar-refractivity contribution in [3.05, 3.63) is 28.8 Å². The highest BCUT2D eigenvalue weighted by atomic mass is 35.5. The highest BCUT2D eigenvalue weighted by Gasteiger charge is 2.25. The molecule has 0 aliphatic rings. The van der Waals surface area contributed by atoms with Gasteiger partial charge in [0.15, 0.2) is 0 Å². The van der Waals surface area contributed by atoms with Crippen molar-refractivity contribution in [2.45, 2.75) is 18.2 Å². The summed E-state index contributed by atoms with van der Waals surface area (Å²) in [5, 5.41) is 17.7. The molecule has 5 nitrogen and oxygen atoms in total. The quantitative estimate of drug-likeness (QED) is 0.765. The van der Waals surface area contributed by atoms with Gasteiger partial charge in [0.05, 0.1) is 18.2 Å². The molecule has 1 aromatic rings. The summed E-state index contributed by atoms with van der Waals surface area (Å²) in [6.45, 7) is 1.68. The summed E-state index contributed by atoms with van der Waals surface area (Å²) < 4.78 is 26.0. The lowest BCUT2D eigenvalue weighted by Gasteiger charge is -2.20. The molecular weight excluding hydrogens is 314 g/mol. The number of nitrogens with zero attached hydrogens (tertiary/aromatic N) is 1. The molecule has 0 aliphatic carbocycles. The monoisotopic (exact) mass is 331 g/mol. The Morgan fingerprint density at radius 1 is 1.29 bits per heavy atom. The molecule has 7 heteroatoms. The first-order valence-electron chi connectivity index (χ1n) is 6.47. The first-order chi connectivity index (χ1) is 9.97. The SMILES string of the molecule is CCN(CCO)S(=O)(=O)c1ccc(C#CCCO)cc1Cl. The van der Waals surface area contributed by atoms with Crippen LogP contribution in [0.2, 0.25) is 5.02 Å². The average Bonchev–Trinajstić information content (AvgIpc) is 2.44. The van der Waals surface area contributed by atoms with Gasteiger partial charge in [-0.25, -0.2) is 8.42 Å². The summed E-state index contributed by atoms with van der Waals surface area (Å²) in [5.41, 5.74) is 0.581. The fourth-order valence-electron chi connectivity index (χ4n) is 1.71. The van der Waals surface area contributed by atoms with Crippen molar-refractivity contribution in [3.63, 3.8) is 0 Å². The molecule has 0 spiro atoms. The lowest BCUT2D eigenvalue weighted by atomic mass is 10.2. The van der Waals surface area contributed by atoms with Gasteiger partial charge in [0.1, 0.15) is 4.90 Å². The van der Waals surface area contributed by atoms with Crippen LogP contribution in [-0.2, 0) is 10.0 Å². The van der Waals surface area contributed by atoms with Crippen LogP contribution in [-0.4, -0.2) is 49.2 Å². The number of hydrogen-bond donors (Lipinski definition) is 2. The standard InChI is InChI=1S/C14H18ClNO4S/c1-2-16(8-10-18)21(19,20)14-7-6-12(11-13(14)15)5-3-4-9-17/h6-7,11,17-18H,2,4,8-10H2,1H3. The van der Waals surface area contributed by atoms with Gasteiger partial charge in [-0.2, -0.15) is 4.31 Å². The van der Waals surface area contributed by atoms with E-state index in [0.717, 1.165) is 4.31 Å². The molecule has 1 rings (SSSR count). The molecule has 0 heterocycles. The van der Waals surface area contributed by atoms with Gasteiger partial charge in [-0.05, 0) is 18.2 Å². The van der Waals surface area contributed by atoms with Crippen molar-refractivity contribution in [1.29, 1.82) is 0 Å². The Bertz CT molecular complexity index is 634. The van der Waals surface area contributed by atoms with Crippen LogP contribution in [0.5, 0.6) is 0 Å². The predicted molar refractivity (Wildman–Crippen MR) is 81.6 cm³/mol. The van der Waals surface area contributed by atoms with E-state index in [2.05, 4.69) is 11.8 Å². The number of aliphatic hydroxyl groups is 2. The van der Waals surface area contributed by atoms with Crippen molar-refractivity contribution in [2.75, 3.05) is 26.3 Å². The molecule has 0 amide bonds. The summed E-state index contributed by atoms with van der Waals surface area (Å²) >= 11 is 6.04. The summed E-state index contributed by atoms with van der Waals surface area (Å²) in [7, 11) is -3.73. The Morgan fingerprint density at radius 2 is 2.00 bits per heavy atom. The first-order valence-corrected chi connectivity index (χ1v) is 8.29. The number of rotatable bonds is 6. The summed E-state index contributed by atoms with van der Waals surface area (Å²) in [6, 6.07) is 4.45. The second-order valence-corrected chi connectivity index (χ2v) is 6.45. The molecule has 0 unspecified atom stereocenters. The van der Waals surface area contributed by atoms with Gasteiger partial charge in [0.25, 0.3) is 0 Å². The third-order valence-electron chi connectivity index (χ3n) is 2.72. The van der Waals surface area contributed by atoms with Crippen molar-refractivity contribution in [2.24, 2.45) is 0 Å². The van der Waals surface area contributed by atoms with E-state index in [4.69, 9.17) is 21.8 Å². The number of likely N-dealkylation sites (N-methyl/N-ethyl adjacent to an activating group) is 1. The van der Waals surface area contributed by atoms with Gasteiger partial charge in [-0.1, -0.05) is 30.4 Å². The Kier molecular flexibility index (Phi) is 7.15. The van der Waals surface area contributed by atoms with Crippen LogP contribution in [0.15, 0.2) is 23.1 Å². The number of hydrogen-bond acceptors (Lipinski definition) is 4. The van der Waals surface area contributed by atoms with E-state index < -0.39 is 10.0 Å². The third kappa shape index (κ3) is 4.70. The second kappa shape index (κ2) is 8.37. The van der Waals surface area contributed by atoms with E-state index >= 15 is 0 Å². The van der Waals surface area contributed by atoms with Crippen molar-refractivity contribution in [3.8, 4) is 11.8 Å². The van der Waals surface area contributed by atoms with E-state index in [1.807, 2.05) is 0 Å². The Hall–Kier alpha value is -1.10. The van der Waals surface area contributed by atoms with Crippen LogP contribution in [0.1, 0.15) is 18.9 Å². The molecule has 0 atom stereocenters. The molecule has 21 heavy (non-hydrogen) atoms. The first kappa shape index (κ1) is 18.0. The minimum absolute atomic E-state index is 0.00725. The van der Waals surface area contributed by atoms with Crippen LogP contribution in [0, 0.1) is 11.8 Å². The van der Waals surface area contributed by atoms with E-state index in [1.54, 1.807) is 13.0 Å². The number of halogens is 1. The highest BCUT2D eigenvalue weighted by molar-refractivity contribution is 7.89. The molecule has 0 aliphatic heterocycles. The van der Waals surface area contributed by atoms with E-state index in [-0.39, 0.29) is 36.2 Å². The molecule has 0 fully saturated rings. The molecule has 1 aromatic carbocycles. The largest absolute Gasteiger partial charge is 0.395 e. The second-order valence-electron chi connectivity index (χ2n) is 4.14. The smallest absolute Gasteiger partial charge is 0.244 e. The zero-order valence-corrected chi connectivity index (χ0v) is 13.3. The van der Waals surface area contributed by atoms with Crippen molar-refractivity contribution in [1.82, 2.24) is 4.31 Å². The topological polar surface area (TPSA) is 77.8 Å². The Labute approximate surface area is 130 Å². The zero-order chi connectivity index (χ0) is 15.9. The maximum Gasteiger partial charge on any atom is 0.244 e. The molecule has 0 aromatic heterocycles. The van der Waals surface area contributed by atoms with Crippen LogP contribution < -0.4 is 0 Å². The van der Waals surface area contributed by atoms with Gasteiger partial charge in [-0.15, -0.1) is 0 Å². The summed E-state index contributed by atoms with van der Waals surface area (Å²) in [6.07, 6.45) is 0.345. The van der Waals surface area contributed by atoms with Crippen LogP contribution in [0.3, 0.4) is 0 Å². The fraction of sp³-hybridized carbons (Fsp3) is 0.429. The number of benzene rings is 1. The van der Waals surface area contributed by atoms with Gasteiger partial charge >= 0.3 is 0 Å². The van der Waals surface area contributed by atoms with Crippen molar-refractivity contribution >= 4 is 21.6 Å². The van der Waals surface area contributed by atoms with Gasteiger partial charge in [0, 0.05) is 25.1 Å². The normalized spacial score (nSPS) is 11.3. The summed E-state index contributed by atoms with van der Waals surface area (Å²) in [5.74, 6) is 5.53. The minimum Gasteiger partial charge on any atom is -0.395 e. The zero-order valence-electron chi connectivity index (χ0n) is 11.7. The number of sulfonamides is 1. The van der Waals surface area contributed by atoms with Crippen molar-refractivity contribution < 1.29 is 18.6 Å². The highest BCUT2D eigenvalue weighted by Crippen LogP contribution is 2.25. The molecular formula is C14H18ClNO4S.